The average molecular weight is 417 g/mol. The zero-order valence-electron chi connectivity index (χ0n) is 17.3. The zero-order valence-corrected chi connectivity index (χ0v) is 17.3. The quantitative estimate of drug-likeness (QED) is 0.390. The molecule has 2 aromatic heterocycles. The number of nitrogens with zero attached hydrogens (tertiary/aromatic N) is 2. The van der Waals surface area contributed by atoms with Crippen LogP contribution < -0.4 is 5.32 Å². The molecule has 0 radical (unpaired) electrons. The van der Waals surface area contributed by atoms with Gasteiger partial charge in [0.2, 0.25) is 6.41 Å². The van der Waals surface area contributed by atoms with E-state index in [-0.39, 0.29) is 12.2 Å². The summed E-state index contributed by atoms with van der Waals surface area (Å²) < 4.78 is 2.02. The molecule has 0 spiro atoms. The van der Waals surface area contributed by atoms with Crippen molar-refractivity contribution in [3.63, 3.8) is 0 Å². The standard InChI is InChI=1S/C24H23N3O4/c1-14(2)16-5-3-15(4-6-16)12-27-18-8-7-17(9-21(30)31)24(26-13-28)23(18)22-19(27)10-25-11-20(22)29/h3-8,10-11,13-14,29H,9,12H2,1-2H3,(H,26,28)(H,30,31). The van der Waals surface area contributed by atoms with Gasteiger partial charge in [-0.25, -0.2) is 0 Å². The lowest BCUT2D eigenvalue weighted by molar-refractivity contribution is -0.136. The Morgan fingerprint density at radius 1 is 1.10 bits per heavy atom. The van der Waals surface area contributed by atoms with Crippen molar-refractivity contribution in [3.05, 3.63) is 65.5 Å². The van der Waals surface area contributed by atoms with E-state index in [9.17, 15) is 19.8 Å². The molecule has 0 bridgehead atoms. The van der Waals surface area contributed by atoms with Crippen LogP contribution in [0.3, 0.4) is 0 Å². The van der Waals surface area contributed by atoms with Crippen molar-refractivity contribution < 1.29 is 19.8 Å². The van der Waals surface area contributed by atoms with Gasteiger partial charge < -0.3 is 20.1 Å². The molecule has 4 aromatic rings. The Balaban J connectivity index is 1.96. The van der Waals surface area contributed by atoms with E-state index in [1.807, 2.05) is 10.6 Å². The molecule has 2 aromatic carbocycles. The molecule has 0 aliphatic carbocycles. The van der Waals surface area contributed by atoms with Gasteiger partial charge in [-0.15, -0.1) is 0 Å². The van der Waals surface area contributed by atoms with Gasteiger partial charge in [0.1, 0.15) is 5.75 Å². The number of carbonyl (C=O) groups excluding carboxylic acids is 1. The third-order valence-electron chi connectivity index (χ3n) is 5.54. The van der Waals surface area contributed by atoms with Crippen LogP contribution in [-0.4, -0.2) is 32.1 Å². The number of benzene rings is 2. The van der Waals surface area contributed by atoms with E-state index >= 15 is 0 Å². The van der Waals surface area contributed by atoms with E-state index < -0.39 is 5.97 Å². The van der Waals surface area contributed by atoms with E-state index in [2.05, 4.69) is 48.4 Å². The van der Waals surface area contributed by atoms with Crippen molar-refractivity contribution in [1.82, 2.24) is 9.55 Å². The maximum Gasteiger partial charge on any atom is 0.307 e. The van der Waals surface area contributed by atoms with Gasteiger partial charge in [-0.1, -0.05) is 44.2 Å². The molecule has 3 N–H and O–H groups in total. The molecular weight excluding hydrogens is 394 g/mol. The van der Waals surface area contributed by atoms with Gasteiger partial charge in [0.05, 0.1) is 40.9 Å². The smallest absolute Gasteiger partial charge is 0.307 e. The molecule has 7 nitrogen and oxygen atoms in total. The lowest BCUT2D eigenvalue weighted by atomic mass is 10.0. The summed E-state index contributed by atoms with van der Waals surface area (Å²) in [7, 11) is 0. The Morgan fingerprint density at radius 3 is 2.48 bits per heavy atom. The van der Waals surface area contributed by atoms with Gasteiger partial charge in [-0.3, -0.25) is 14.6 Å². The summed E-state index contributed by atoms with van der Waals surface area (Å²) in [5.74, 6) is -0.598. The third kappa shape index (κ3) is 3.70. The lowest BCUT2D eigenvalue weighted by Gasteiger charge is -2.12. The molecule has 0 unspecified atom stereocenters. The summed E-state index contributed by atoms with van der Waals surface area (Å²) in [5, 5.41) is 23.7. The van der Waals surface area contributed by atoms with Crippen LogP contribution in [0.5, 0.6) is 5.75 Å². The van der Waals surface area contributed by atoms with Gasteiger partial charge in [0, 0.05) is 11.9 Å². The molecule has 158 valence electrons. The van der Waals surface area contributed by atoms with Crippen LogP contribution in [-0.2, 0) is 22.6 Å². The number of aliphatic carboxylic acids is 1. The van der Waals surface area contributed by atoms with Crippen molar-refractivity contribution in [2.75, 3.05) is 5.32 Å². The van der Waals surface area contributed by atoms with Crippen LogP contribution in [0.1, 0.15) is 36.5 Å². The molecule has 0 saturated carbocycles. The molecule has 7 heteroatoms. The zero-order chi connectivity index (χ0) is 22.1. The van der Waals surface area contributed by atoms with Crippen LogP contribution in [0.15, 0.2) is 48.8 Å². The van der Waals surface area contributed by atoms with Gasteiger partial charge in [0.25, 0.3) is 0 Å². The number of hydrogen-bond donors (Lipinski definition) is 3. The largest absolute Gasteiger partial charge is 0.506 e. The number of fused-ring (bicyclic) bond motifs is 3. The number of carboxylic acids is 1. The topological polar surface area (TPSA) is 104 Å². The molecule has 4 rings (SSSR count). The van der Waals surface area contributed by atoms with Crippen molar-refractivity contribution in [2.24, 2.45) is 0 Å². The summed E-state index contributed by atoms with van der Waals surface area (Å²) >= 11 is 0. The van der Waals surface area contributed by atoms with Gasteiger partial charge in [-0.05, 0) is 28.7 Å². The fourth-order valence-electron chi connectivity index (χ4n) is 4.04. The van der Waals surface area contributed by atoms with Gasteiger partial charge >= 0.3 is 5.97 Å². The molecular formula is C24H23N3O4. The lowest BCUT2D eigenvalue weighted by Crippen LogP contribution is -2.06. The SMILES string of the molecule is CC(C)c1ccc(Cn2c3cncc(O)c3c3c(NC=O)c(CC(=O)O)ccc32)cc1. The minimum Gasteiger partial charge on any atom is -0.506 e. The van der Waals surface area contributed by atoms with Crippen molar-refractivity contribution in [1.29, 1.82) is 0 Å². The van der Waals surface area contributed by atoms with E-state index in [4.69, 9.17) is 0 Å². The Morgan fingerprint density at radius 2 is 1.84 bits per heavy atom. The number of hydrogen-bond acceptors (Lipinski definition) is 4. The molecule has 0 fully saturated rings. The molecule has 0 atom stereocenters. The predicted molar refractivity (Wildman–Crippen MR) is 120 cm³/mol. The Hall–Kier alpha value is -3.87. The Bertz CT molecular complexity index is 1290. The molecule has 0 saturated heterocycles. The third-order valence-corrected chi connectivity index (χ3v) is 5.54. The van der Waals surface area contributed by atoms with Crippen molar-refractivity contribution >= 4 is 39.9 Å². The Kier molecular flexibility index (Phi) is 5.33. The second-order valence-electron chi connectivity index (χ2n) is 7.86. The molecule has 0 aliphatic rings. The van der Waals surface area contributed by atoms with Crippen molar-refractivity contribution in [2.45, 2.75) is 32.7 Å². The minimum atomic E-state index is -1.01. The molecule has 2 heterocycles. The number of aromatic hydroxyl groups is 1. The highest BCUT2D eigenvalue weighted by Crippen LogP contribution is 2.40. The number of carbonyl (C=O) groups is 2. The Labute approximate surface area is 179 Å². The van der Waals surface area contributed by atoms with Gasteiger partial charge in [-0.2, -0.15) is 0 Å². The van der Waals surface area contributed by atoms with Crippen LogP contribution in [0.25, 0.3) is 21.8 Å². The maximum absolute atomic E-state index is 11.3. The van der Waals surface area contributed by atoms with E-state index in [0.29, 0.717) is 46.4 Å². The van der Waals surface area contributed by atoms with E-state index in [0.717, 1.165) is 11.1 Å². The number of amides is 1. The fraction of sp³-hybridized carbons (Fsp3) is 0.208. The first-order chi connectivity index (χ1) is 14.9. The van der Waals surface area contributed by atoms with Gasteiger partial charge in [0.15, 0.2) is 0 Å². The number of anilines is 1. The molecule has 1 amide bonds. The summed E-state index contributed by atoms with van der Waals surface area (Å²) in [4.78, 5) is 26.8. The number of pyridine rings is 1. The number of rotatable bonds is 7. The predicted octanol–water partition coefficient (Wildman–Crippen LogP) is 4.26. The van der Waals surface area contributed by atoms with E-state index in [1.165, 1.54) is 11.8 Å². The van der Waals surface area contributed by atoms with Crippen LogP contribution in [0, 0.1) is 0 Å². The first-order valence-electron chi connectivity index (χ1n) is 10.0. The van der Waals surface area contributed by atoms with Crippen LogP contribution >= 0.6 is 0 Å². The summed E-state index contributed by atoms with van der Waals surface area (Å²) in [6.07, 6.45) is 3.28. The van der Waals surface area contributed by atoms with E-state index in [1.54, 1.807) is 12.3 Å². The molecule has 31 heavy (non-hydrogen) atoms. The first-order valence-corrected chi connectivity index (χ1v) is 10.0. The summed E-state index contributed by atoms with van der Waals surface area (Å²) in [6, 6.07) is 11.9. The minimum absolute atomic E-state index is 0.0298. The highest BCUT2D eigenvalue weighted by Gasteiger charge is 2.20. The van der Waals surface area contributed by atoms with Crippen LogP contribution in [0.4, 0.5) is 5.69 Å². The maximum atomic E-state index is 11.3. The monoisotopic (exact) mass is 417 g/mol. The number of carboxylic acid groups (broad SMARTS) is 1. The second-order valence-corrected chi connectivity index (χ2v) is 7.86. The first kappa shape index (κ1) is 20.4. The fourth-order valence-corrected chi connectivity index (χ4v) is 4.04. The highest BCUT2D eigenvalue weighted by molar-refractivity contribution is 6.18. The number of nitrogens with one attached hydrogen (secondary N) is 1. The van der Waals surface area contributed by atoms with Crippen molar-refractivity contribution in [3.8, 4) is 5.75 Å². The summed E-state index contributed by atoms with van der Waals surface area (Å²) in [6.45, 7) is 4.82. The summed E-state index contributed by atoms with van der Waals surface area (Å²) in [5.41, 5.74) is 4.64. The molecule has 0 aliphatic heterocycles. The van der Waals surface area contributed by atoms with Crippen LogP contribution in [0.2, 0.25) is 0 Å². The second kappa shape index (κ2) is 8.10. The normalized spacial score (nSPS) is 11.3. The number of aromatic nitrogens is 2. The average Bonchev–Trinajstić information content (AvgIpc) is 3.05. The highest BCUT2D eigenvalue weighted by atomic mass is 16.4.